The van der Waals surface area contributed by atoms with Crippen molar-refractivity contribution >= 4 is 11.7 Å². The van der Waals surface area contributed by atoms with Gasteiger partial charge in [0.15, 0.2) is 5.69 Å². The number of aromatic nitrogens is 1. The molecule has 82 valence electrons. The molecule has 0 spiro atoms. The Morgan fingerprint density at radius 2 is 2.13 bits per heavy atom. The van der Waals surface area contributed by atoms with E-state index in [2.05, 4.69) is 9.72 Å². The predicted molar refractivity (Wildman–Crippen MR) is 45.0 cm³/mol. The van der Waals surface area contributed by atoms with Crippen LogP contribution in [0.5, 0.6) is 0 Å². The van der Waals surface area contributed by atoms with Gasteiger partial charge in [-0.1, -0.05) is 0 Å². The summed E-state index contributed by atoms with van der Waals surface area (Å²) in [6, 6.07) is 0.638. The summed E-state index contributed by atoms with van der Waals surface area (Å²) in [7, 11) is 0.973. The first-order valence-electron chi connectivity index (χ1n) is 3.77. The number of esters is 1. The van der Waals surface area contributed by atoms with Gasteiger partial charge in [-0.25, -0.2) is 9.78 Å². The van der Waals surface area contributed by atoms with Crippen molar-refractivity contribution in [3.63, 3.8) is 0 Å². The lowest BCUT2D eigenvalue weighted by Gasteiger charge is -2.10. The van der Waals surface area contributed by atoms with E-state index in [-0.39, 0.29) is 5.69 Å². The van der Waals surface area contributed by atoms with Crippen LogP contribution in [0.25, 0.3) is 0 Å². The smallest absolute Gasteiger partial charge is 0.418 e. The fraction of sp³-hybridized carbons (Fsp3) is 0.250. The first-order chi connectivity index (χ1) is 6.86. The van der Waals surface area contributed by atoms with Crippen LogP contribution in [0, 0.1) is 0 Å². The van der Waals surface area contributed by atoms with Gasteiger partial charge < -0.3 is 10.5 Å². The number of anilines is 1. The van der Waals surface area contributed by atoms with Crippen LogP contribution in [0.3, 0.4) is 0 Å². The van der Waals surface area contributed by atoms with Crippen LogP contribution in [0.15, 0.2) is 12.3 Å². The minimum absolute atomic E-state index is 0.171. The summed E-state index contributed by atoms with van der Waals surface area (Å²) in [6.45, 7) is 0. The number of nitrogens with two attached hydrogens (primary N) is 1. The molecule has 1 rings (SSSR count). The summed E-state index contributed by atoms with van der Waals surface area (Å²) in [4.78, 5) is 14.3. The summed E-state index contributed by atoms with van der Waals surface area (Å²) in [5.41, 5.74) is 2.99. The van der Waals surface area contributed by atoms with Gasteiger partial charge in [0.1, 0.15) is 0 Å². The molecule has 0 aliphatic rings. The van der Waals surface area contributed by atoms with Crippen LogP contribution in [-0.2, 0) is 10.9 Å². The molecule has 0 fully saturated rings. The van der Waals surface area contributed by atoms with Gasteiger partial charge in [0.25, 0.3) is 0 Å². The van der Waals surface area contributed by atoms with E-state index in [0.717, 1.165) is 13.3 Å². The van der Waals surface area contributed by atoms with Crippen molar-refractivity contribution in [3.05, 3.63) is 23.5 Å². The number of nitrogens with zero attached hydrogens (tertiary/aromatic N) is 1. The fourth-order valence-corrected chi connectivity index (χ4v) is 0.956. The Bertz CT molecular complexity index is 390. The second-order valence-corrected chi connectivity index (χ2v) is 2.65. The number of hydrogen-bond acceptors (Lipinski definition) is 4. The van der Waals surface area contributed by atoms with Crippen molar-refractivity contribution in [1.29, 1.82) is 0 Å². The number of alkyl halides is 3. The summed E-state index contributed by atoms with van der Waals surface area (Å²) >= 11 is 0. The van der Waals surface area contributed by atoms with Gasteiger partial charge in [0.05, 0.1) is 24.6 Å². The number of methoxy groups -OCH3 is 1. The number of rotatable bonds is 1. The lowest BCUT2D eigenvalue weighted by atomic mass is 10.1. The van der Waals surface area contributed by atoms with E-state index >= 15 is 0 Å². The zero-order valence-corrected chi connectivity index (χ0v) is 7.63. The Morgan fingerprint density at radius 3 is 2.60 bits per heavy atom. The average molecular weight is 220 g/mol. The monoisotopic (exact) mass is 220 g/mol. The predicted octanol–water partition coefficient (Wildman–Crippen LogP) is 1.47. The molecule has 1 aromatic heterocycles. The zero-order chi connectivity index (χ0) is 11.6. The molecular formula is C8H7F3N2O2. The molecule has 0 aliphatic carbocycles. The van der Waals surface area contributed by atoms with E-state index in [1.165, 1.54) is 0 Å². The molecule has 0 aromatic carbocycles. The van der Waals surface area contributed by atoms with E-state index in [9.17, 15) is 18.0 Å². The van der Waals surface area contributed by atoms with Gasteiger partial charge >= 0.3 is 12.1 Å². The molecular weight excluding hydrogens is 213 g/mol. The van der Waals surface area contributed by atoms with Crippen molar-refractivity contribution < 1.29 is 22.7 Å². The lowest BCUT2D eigenvalue weighted by Crippen LogP contribution is -2.16. The number of halogens is 3. The Hall–Kier alpha value is -1.79. The van der Waals surface area contributed by atoms with Gasteiger partial charge in [0, 0.05) is 0 Å². The number of carbonyl (C=O) groups excluding carboxylic acids is 1. The summed E-state index contributed by atoms with van der Waals surface area (Å²) in [5, 5.41) is 0. The van der Waals surface area contributed by atoms with Gasteiger partial charge in [-0.3, -0.25) is 0 Å². The topological polar surface area (TPSA) is 65.2 Å². The third-order valence-electron chi connectivity index (χ3n) is 1.59. The van der Waals surface area contributed by atoms with Gasteiger partial charge in [-0.05, 0) is 6.07 Å². The van der Waals surface area contributed by atoms with Crippen LogP contribution in [0.4, 0.5) is 18.9 Å². The molecule has 0 radical (unpaired) electrons. The van der Waals surface area contributed by atoms with Crippen LogP contribution >= 0.6 is 0 Å². The van der Waals surface area contributed by atoms with E-state index in [1.807, 2.05) is 0 Å². The number of hydrogen-bond donors (Lipinski definition) is 1. The molecule has 0 saturated heterocycles. The molecule has 7 heteroatoms. The van der Waals surface area contributed by atoms with Crippen LogP contribution in [0.1, 0.15) is 16.1 Å². The highest BCUT2D eigenvalue weighted by molar-refractivity contribution is 5.89. The van der Waals surface area contributed by atoms with Gasteiger partial charge in [0.2, 0.25) is 0 Å². The average Bonchev–Trinajstić information content (AvgIpc) is 2.15. The first-order valence-corrected chi connectivity index (χ1v) is 3.77. The Kier molecular flexibility index (Phi) is 2.83. The quantitative estimate of drug-likeness (QED) is 0.728. The lowest BCUT2D eigenvalue weighted by molar-refractivity contribution is -0.138. The second kappa shape index (κ2) is 3.76. The summed E-state index contributed by atoms with van der Waals surface area (Å²) in [6.07, 6.45) is -3.73. The van der Waals surface area contributed by atoms with Crippen molar-refractivity contribution in [1.82, 2.24) is 4.98 Å². The number of pyridine rings is 1. The highest BCUT2D eigenvalue weighted by Gasteiger charge is 2.36. The second-order valence-electron chi connectivity index (χ2n) is 2.65. The molecule has 0 unspecified atom stereocenters. The highest BCUT2D eigenvalue weighted by atomic mass is 19.4. The fourth-order valence-electron chi connectivity index (χ4n) is 0.956. The summed E-state index contributed by atoms with van der Waals surface area (Å²) < 4.78 is 41.4. The largest absolute Gasteiger partial charge is 0.464 e. The maximum Gasteiger partial charge on any atom is 0.418 e. The van der Waals surface area contributed by atoms with E-state index in [1.54, 1.807) is 0 Å². The Morgan fingerprint density at radius 1 is 1.53 bits per heavy atom. The molecule has 2 N–H and O–H groups in total. The molecule has 1 heterocycles. The molecule has 0 atom stereocenters. The Labute approximate surface area is 82.9 Å². The molecule has 1 aromatic rings. The summed E-state index contributed by atoms with van der Waals surface area (Å²) in [5.74, 6) is -1.15. The standard InChI is InChI=1S/C8H7F3N2O2/c1-15-7(14)6-5(8(9,10)11)2-4(12)3-13-6/h2-3H,12H2,1H3. The van der Waals surface area contributed by atoms with Crippen LogP contribution in [-0.4, -0.2) is 18.1 Å². The van der Waals surface area contributed by atoms with Crippen LogP contribution in [0.2, 0.25) is 0 Å². The molecule has 0 amide bonds. The molecule has 0 bridgehead atoms. The number of nitrogen functional groups attached to an aromatic ring is 1. The molecule has 0 aliphatic heterocycles. The maximum atomic E-state index is 12.4. The molecule has 0 saturated carbocycles. The minimum Gasteiger partial charge on any atom is -0.464 e. The van der Waals surface area contributed by atoms with E-state index < -0.39 is 23.4 Å². The van der Waals surface area contributed by atoms with Crippen molar-refractivity contribution in [2.45, 2.75) is 6.18 Å². The van der Waals surface area contributed by atoms with Crippen LogP contribution < -0.4 is 5.73 Å². The third-order valence-corrected chi connectivity index (χ3v) is 1.59. The zero-order valence-electron chi connectivity index (χ0n) is 7.63. The van der Waals surface area contributed by atoms with E-state index in [0.29, 0.717) is 6.07 Å². The SMILES string of the molecule is COC(=O)c1ncc(N)cc1C(F)(F)F. The van der Waals surface area contributed by atoms with Crippen molar-refractivity contribution in [2.24, 2.45) is 0 Å². The van der Waals surface area contributed by atoms with Crippen molar-refractivity contribution in [3.8, 4) is 0 Å². The number of carbonyl (C=O) groups is 1. The normalized spacial score (nSPS) is 11.2. The van der Waals surface area contributed by atoms with E-state index in [4.69, 9.17) is 5.73 Å². The maximum absolute atomic E-state index is 12.4. The minimum atomic E-state index is -4.69. The van der Waals surface area contributed by atoms with Gasteiger partial charge in [-0.2, -0.15) is 13.2 Å². The van der Waals surface area contributed by atoms with Crippen molar-refractivity contribution in [2.75, 3.05) is 12.8 Å². The van der Waals surface area contributed by atoms with Gasteiger partial charge in [-0.15, -0.1) is 0 Å². The third kappa shape index (κ3) is 2.36. The highest BCUT2D eigenvalue weighted by Crippen LogP contribution is 2.32. The first kappa shape index (κ1) is 11.3. The molecule has 15 heavy (non-hydrogen) atoms. The molecule has 4 nitrogen and oxygen atoms in total. The number of ether oxygens (including phenoxy) is 1. The Balaban J connectivity index is 3.33.